The molecule has 2 aromatic heterocycles. The van der Waals surface area contributed by atoms with Crippen LogP contribution in [-0.2, 0) is 11.3 Å². The van der Waals surface area contributed by atoms with Crippen LogP contribution in [0.25, 0.3) is 0 Å². The summed E-state index contributed by atoms with van der Waals surface area (Å²) in [6.07, 6.45) is 7.44. The second kappa shape index (κ2) is 7.10. The molecular formula is C16H20ClN5O. The first-order valence-corrected chi connectivity index (χ1v) is 8.17. The van der Waals surface area contributed by atoms with Crippen molar-refractivity contribution < 1.29 is 4.79 Å². The number of hydrogen-bond donors (Lipinski definition) is 1. The molecule has 7 heteroatoms. The summed E-state index contributed by atoms with van der Waals surface area (Å²) in [7, 11) is 0. The number of nitrogens with zero attached hydrogens (tertiary/aromatic N) is 4. The van der Waals surface area contributed by atoms with Gasteiger partial charge in [-0.1, -0.05) is 11.6 Å². The van der Waals surface area contributed by atoms with E-state index in [-0.39, 0.29) is 11.9 Å². The number of carbonyl (C=O) groups is 1. The van der Waals surface area contributed by atoms with E-state index >= 15 is 0 Å². The number of nitrogens with one attached hydrogen (secondary N) is 1. The lowest BCUT2D eigenvalue weighted by Crippen LogP contribution is -2.46. The Hall–Kier alpha value is -1.92. The quantitative estimate of drug-likeness (QED) is 0.912. The van der Waals surface area contributed by atoms with Crippen molar-refractivity contribution in [1.82, 2.24) is 19.7 Å². The van der Waals surface area contributed by atoms with Crippen molar-refractivity contribution in [3.05, 3.63) is 41.8 Å². The van der Waals surface area contributed by atoms with E-state index in [1.165, 1.54) is 6.20 Å². The van der Waals surface area contributed by atoms with Gasteiger partial charge in [0, 0.05) is 24.6 Å². The summed E-state index contributed by atoms with van der Waals surface area (Å²) in [6.45, 7) is 3.67. The van der Waals surface area contributed by atoms with Crippen LogP contribution in [0.15, 0.2) is 36.8 Å². The average molecular weight is 334 g/mol. The van der Waals surface area contributed by atoms with Crippen LogP contribution in [0.1, 0.15) is 19.8 Å². The molecule has 6 nitrogen and oxygen atoms in total. The highest BCUT2D eigenvalue weighted by molar-refractivity contribution is 6.30. The Morgan fingerprint density at radius 1 is 1.52 bits per heavy atom. The monoisotopic (exact) mass is 333 g/mol. The van der Waals surface area contributed by atoms with Crippen molar-refractivity contribution in [2.75, 3.05) is 11.9 Å². The first-order valence-electron chi connectivity index (χ1n) is 7.79. The van der Waals surface area contributed by atoms with Gasteiger partial charge in [0.05, 0.1) is 17.6 Å². The zero-order valence-electron chi connectivity index (χ0n) is 13.0. The lowest BCUT2D eigenvalue weighted by Gasteiger charge is -2.29. The van der Waals surface area contributed by atoms with E-state index in [0.717, 1.165) is 25.9 Å². The molecule has 3 rings (SSSR count). The van der Waals surface area contributed by atoms with Crippen LogP contribution in [0, 0.1) is 0 Å². The van der Waals surface area contributed by atoms with Crippen molar-refractivity contribution in [3.8, 4) is 0 Å². The molecule has 0 spiro atoms. The molecule has 0 saturated carbocycles. The SMILES string of the molecule is C[C@@H](C(=O)Nc1ccc(Cl)cn1)N1CCC[C@@H]1Cn1cccn1. The topological polar surface area (TPSA) is 63.1 Å². The maximum Gasteiger partial charge on any atom is 0.242 e. The number of amides is 1. The molecule has 1 amide bonds. The minimum atomic E-state index is -0.212. The Labute approximate surface area is 140 Å². The molecule has 0 bridgehead atoms. The normalized spacial score (nSPS) is 19.7. The first-order chi connectivity index (χ1) is 11.1. The highest BCUT2D eigenvalue weighted by Crippen LogP contribution is 2.22. The summed E-state index contributed by atoms with van der Waals surface area (Å²) in [5.41, 5.74) is 0. The van der Waals surface area contributed by atoms with Crippen molar-refractivity contribution in [3.63, 3.8) is 0 Å². The molecule has 0 radical (unpaired) electrons. The summed E-state index contributed by atoms with van der Waals surface area (Å²) >= 11 is 5.81. The first kappa shape index (κ1) is 16.0. The van der Waals surface area contributed by atoms with Crippen LogP contribution in [0.5, 0.6) is 0 Å². The fraction of sp³-hybridized carbons (Fsp3) is 0.438. The van der Waals surface area contributed by atoms with Crippen LogP contribution < -0.4 is 5.32 Å². The second-order valence-electron chi connectivity index (χ2n) is 5.79. The minimum absolute atomic E-state index is 0.0489. The van der Waals surface area contributed by atoms with Gasteiger partial charge in [-0.15, -0.1) is 0 Å². The van der Waals surface area contributed by atoms with Crippen LogP contribution >= 0.6 is 11.6 Å². The number of aromatic nitrogens is 3. The number of carbonyl (C=O) groups excluding carboxylic acids is 1. The Morgan fingerprint density at radius 2 is 2.39 bits per heavy atom. The molecule has 1 fully saturated rings. The Bertz CT molecular complexity index is 643. The molecule has 1 aliphatic heterocycles. The molecule has 23 heavy (non-hydrogen) atoms. The van der Waals surface area contributed by atoms with Gasteiger partial charge in [0.1, 0.15) is 5.82 Å². The van der Waals surface area contributed by atoms with E-state index in [2.05, 4.69) is 20.3 Å². The smallest absolute Gasteiger partial charge is 0.242 e. The molecule has 2 atom stereocenters. The van der Waals surface area contributed by atoms with Crippen LogP contribution in [0.3, 0.4) is 0 Å². The highest BCUT2D eigenvalue weighted by Gasteiger charge is 2.32. The predicted octanol–water partition coefficient (Wildman–Crippen LogP) is 2.42. The summed E-state index contributed by atoms with van der Waals surface area (Å²) in [4.78, 5) is 18.8. The summed E-state index contributed by atoms with van der Waals surface area (Å²) in [5, 5.41) is 7.66. The minimum Gasteiger partial charge on any atom is -0.309 e. The van der Waals surface area contributed by atoms with E-state index in [9.17, 15) is 4.79 Å². The summed E-state index contributed by atoms with van der Waals surface area (Å²) in [5.74, 6) is 0.473. The van der Waals surface area contributed by atoms with Gasteiger partial charge in [0.2, 0.25) is 5.91 Å². The van der Waals surface area contributed by atoms with E-state index in [0.29, 0.717) is 16.9 Å². The van der Waals surface area contributed by atoms with Crippen LogP contribution in [-0.4, -0.2) is 44.2 Å². The molecule has 1 aliphatic rings. The summed E-state index contributed by atoms with van der Waals surface area (Å²) in [6, 6.07) is 5.45. The lowest BCUT2D eigenvalue weighted by atomic mass is 10.2. The van der Waals surface area contributed by atoms with Gasteiger partial charge in [-0.05, 0) is 44.5 Å². The molecule has 0 aliphatic carbocycles. The Morgan fingerprint density at radius 3 is 3.09 bits per heavy atom. The zero-order valence-corrected chi connectivity index (χ0v) is 13.8. The number of hydrogen-bond acceptors (Lipinski definition) is 4. The van der Waals surface area contributed by atoms with Crippen molar-refractivity contribution >= 4 is 23.3 Å². The molecule has 1 saturated heterocycles. The van der Waals surface area contributed by atoms with E-state index in [1.807, 2.05) is 23.9 Å². The van der Waals surface area contributed by atoms with Crippen molar-refractivity contribution in [2.45, 2.75) is 38.4 Å². The number of likely N-dealkylation sites (tertiary alicyclic amines) is 1. The highest BCUT2D eigenvalue weighted by atomic mass is 35.5. The molecule has 1 N–H and O–H groups in total. The Balaban J connectivity index is 1.62. The lowest BCUT2D eigenvalue weighted by molar-refractivity contribution is -0.121. The third-order valence-electron chi connectivity index (χ3n) is 4.24. The summed E-state index contributed by atoms with van der Waals surface area (Å²) < 4.78 is 1.92. The second-order valence-corrected chi connectivity index (χ2v) is 6.23. The maximum atomic E-state index is 12.5. The number of pyridine rings is 1. The predicted molar refractivity (Wildman–Crippen MR) is 89.3 cm³/mol. The van der Waals surface area contributed by atoms with Crippen molar-refractivity contribution in [1.29, 1.82) is 0 Å². The van der Waals surface area contributed by atoms with E-state index in [1.54, 1.807) is 18.3 Å². The van der Waals surface area contributed by atoms with Gasteiger partial charge >= 0.3 is 0 Å². The third-order valence-corrected chi connectivity index (χ3v) is 4.46. The van der Waals surface area contributed by atoms with Crippen LogP contribution in [0.4, 0.5) is 5.82 Å². The third kappa shape index (κ3) is 3.89. The van der Waals surface area contributed by atoms with Gasteiger partial charge in [-0.25, -0.2) is 4.98 Å². The molecule has 0 unspecified atom stereocenters. The zero-order chi connectivity index (χ0) is 16.2. The van der Waals surface area contributed by atoms with Crippen molar-refractivity contribution in [2.24, 2.45) is 0 Å². The van der Waals surface area contributed by atoms with Gasteiger partial charge in [0.15, 0.2) is 0 Å². The molecule has 0 aromatic carbocycles. The van der Waals surface area contributed by atoms with Crippen LogP contribution in [0.2, 0.25) is 5.02 Å². The molecule has 2 aromatic rings. The standard InChI is InChI=1S/C16H20ClN5O/c1-12(16(23)20-15-6-5-13(17)10-18-15)22-9-2-4-14(22)11-21-8-3-7-19-21/h3,5-8,10,12,14H,2,4,9,11H2,1H3,(H,18,20,23)/t12-,14+/m0/s1. The van der Waals surface area contributed by atoms with E-state index in [4.69, 9.17) is 11.6 Å². The van der Waals surface area contributed by atoms with Gasteiger partial charge in [-0.2, -0.15) is 5.10 Å². The molecular weight excluding hydrogens is 314 g/mol. The number of rotatable bonds is 5. The largest absolute Gasteiger partial charge is 0.309 e. The van der Waals surface area contributed by atoms with Gasteiger partial charge in [-0.3, -0.25) is 14.4 Å². The number of anilines is 1. The van der Waals surface area contributed by atoms with Gasteiger partial charge < -0.3 is 5.32 Å². The molecule has 3 heterocycles. The average Bonchev–Trinajstić information content (AvgIpc) is 3.21. The van der Waals surface area contributed by atoms with E-state index < -0.39 is 0 Å². The fourth-order valence-corrected chi connectivity index (χ4v) is 3.13. The Kier molecular flexibility index (Phi) is 4.93. The molecule has 122 valence electrons. The fourth-order valence-electron chi connectivity index (χ4n) is 3.02. The number of halogens is 1. The maximum absolute atomic E-state index is 12.5. The van der Waals surface area contributed by atoms with Gasteiger partial charge in [0.25, 0.3) is 0 Å².